The average molecular weight is 449 g/mol. The number of benzene rings is 5. The Morgan fingerprint density at radius 2 is 1.32 bits per heavy atom. The monoisotopic (exact) mass is 449 g/mol. The minimum atomic E-state index is -0.354. The summed E-state index contributed by atoms with van der Waals surface area (Å²) in [5, 5.41) is 37.2. The molecular formula is C27H19N3O4. The fourth-order valence-electron chi connectivity index (χ4n) is 4.54. The van der Waals surface area contributed by atoms with Crippen LogP contribution < -0.4 is 4.74 Å². The van der Waals surface area contributed by atoms with E-state index >= 15 is 0 Å². The number of ether oxygens (including phenoxy) is 1. The van der Waals surface area contributed by atoms with E-state index in [0.717, 1.165) is 44.6 Å². The van der Waals surface area contributed by atoms with E-state index in [-0.39, 0.29) is 34.6 Å². The van der Waals surface area contributed by atoms with E-state index in [9.17, 15) is 15.3 Å². The lowest BCUT2D eigenvalue weighted by atomic mass is 9.92. The Labute approximate surface area is 193 Å². The lowest BCUT2D eigenvalue weighted by Gasteiger charge is -2.14. The number of hydrogen-bond acceptors (Lipinski definition) is 7. The number of aromatic hydroxyl groups is 3. The maximum atomic E-state index is 10.4. The minimum absolute atomic E-state index is 0.0138. The summed E-state index contributed by atoms with van der Waals surface area (Å²) in [5.74, 6) is -0.600. The Morgan fingerprint density at radius 3 is 2.03 bits per heavy atom. The molecule has 6 aromatic rings. The summed E-state index contributed by atoms with van der Waals surface area (Å²) in [6, 6.07) is 20.9. The molecule has 0 radical (unpaired) electrons. The highest BCUT2D eigenvalue weighted by Gasteiger charge is 2.20. The smallest absolute Gasteiger partial charge is 0.320 e. The van der Waals surface area contributed by atoms with Gasteiger partial charge in [-0.05, 0) is 45.3 Å². The van der Waals surface area contributed by atoms with Gasteiger partial charge >= 0.3 is 6.01 Å². The first-order valence-corrected chi connectivity index (χ1v) is 10.8. The van der Waals surface area contributed by atoms with Crippen molar-refractivity contribution in [1.29, 1.82) is 0 Å². The van der Waals surface area contributed by atoms with Gasteiger partial charge in [-0.25, -0.2) is 4.98 Å². The summed E-state index contributed by atoms with van der Waals surface area (Å²) in [6.45, 7) is 2.14. The van der Waals surface area contributed by atoms with Gasteiger partial charge in [0.05, 0.1) is 6.61 Å². The van der Waals surface area contributed by atoms with Crippen LogP contribution in [-0.4, -0.2) is 36.9 Å². The molecule has 0 saturated heterocycles. The molecule has 0 amide bonds. The Morgan fingerprint density at radius 1 is 0.706 bits per heavy atom. The van der Waals surface area contributed by atoms with Crippen molar-refractivity contribution in [1.82, 2.24) is 15.0 Å². The van der Waals surface area contributed by atoms with Crippen LogP contribution in [0.1, 0.15) is 6.92 Å². The summed E-state index contributed by atoms with van der Waals surface area (Å²) in [6.07, 6.45) is 0. The second-order valence-corrected chi connectivity index (χ2v) is 8.03. The summed E-state index contributed by atoms with van der Waals surface area (Å²) >= 11 is 0. The summed E-state index contributed by atoms with van der Waals surface area (Å²) in [4.78, 5) is 13.4. The molecule has 3 N–H and O–H groups in total. The molecule has 0 spiro atoms. The SMILES string of the molecule is CCOc1nc(-c2c(O)cc(O)cc2O)nc(-c2ccc3ccc4cccc5ccc2c3c45)n1. The quantitative estimate of drug-likeness (QED) is 0.300. The average Bonchev–Trinajstić information content (AvgIpc) is 2.82. The lowest BCUT2D eigenvalue weighted by Crippen LogP contribution is -2.03. The molecular weight excluding hydrogens is 430 g/mol. The fraction of sp³-hybridized carbons (Fsp3) is 0.0741. The largest absolute Gasteiger partial charge is 0.508 e. The van der Waals surface area contributed by atoms with E-state index in [4.69, 9.17) is 4.74 Å². The van der Waals surface area contributed by atoms with Gasteiger partial charge in [-0.3, -0.25) is 0 Å². The van der Waals surface area contributed by atoms with Crippen molar-refractivity contribution in [3.05, 3.63) is 66.7 Å². The first-order valence-electron chi connectivity index (χ1n) is 10.8. The molecule has 7 heteroatoms. The van der Waals surface area contributed by atoms with Gasteiger partial charge in [-0.1, -0.05) is 48.5 Å². The van der Waals surface area contributed by atoms with Gasteiger partial charge in [0, 0.05) is 17.7 Å². The predicted octanol–water partition coefficient (Wildman–Crippen LogP) is 5.62. The standard InChI is InChI=1S/C27H19N3O4/c1-2-34-27-29-25(28-26(30-27)24-20(32)12-17(31)13-21(24)33)19-11-9-16-7-6-14-4-3-5-15-8-10-18(19)23(16)22(14)15/h3-13,31-33H,2H2,1H3. The van der Waals surface area contributed by atoms with Crippen molar-refractivity contribution in [2.45, 2.75) is 6.92 Å². The van der Waals surface area contributed by atoms with Crippen LogP contribution in [0, 0.1) is 0 Å². The van der Waals surface area contributed by atoms with Crippen molar-refractivity contribution < 1.29 is 20.1 Å². The van der Waals surface area contributed by atoms with Crippen LogP contribution in [0.4, 0.5) is 0 Å². The molecule has 0 bridgehead atoms. The zero-order valence-electron chi connectivity index (χ0n) is 18.1. The van der Waals surface area contributed by atoms with E-state index in [1.54, 1.807) is 0 Å². The van der Waals surface area contributed by atoms with Crippen LogP contribution in [-0.2, 0) is 0 Å². The molecule has 1 heterocycles. The van der Waals surface area contributed by atoms with E-state index in [0.29, 0.717) is 12.4 Å². The van der Waals surface area contributed by atoms with Crippen molar-refractivity contribution in [3.63, 3.8) is 0 Å². The van der Waals surface area contributed by atoms with Gasteiger partial charge in [0.15, 0.2) is 11.6 Å². The molecule has 0 unspecified atom stereocenters. The molecule has 0 atom stereocenters. The minimum Gasteiger partial charge on any atom is -0.508 e. The molecule has 0 saturated carbocycles. The van der Waals surface area contributed by atoms with E-state index in [2.05, 4.69) is 51.4 Å². The van der Waals surface area contributed by atoms with Gasteiger partial charge in [-0.15, -0.1) is 0 Å². The number of nitrogens with zero attached hydrogens (tertiary/aromatic N) is 3. The van der Waals surface area contributed by atoms with Crippen LogP contribution in [0.15, 0.2) is 66.7 Å². The summed E-state index contributed by atoms with van der Waals surface area (Å²) in [5.41, 5.74) is 0.758. The predicted molar refractivity (Wildman–Crippen MR) is 131 cm³/mol. The van der Waals surface area contributed by atoms with Crippen LogP contribution in [0.25, 0.3) is 55.1 Å². The lowest BCUT2D eigenvalue weighted by molar-refractivity contribution is 0.312. The third-order valence-corrected chi connectivity index (χ3v) is 5.96. The first kappa shape index (κ1) is 20.0. The third kappa shape index (κ3) is 3.02. The van der Waals surface area contributed by atoms with E-state index in [1.165, 1.54) is 5.39 Å². The Bertz CT molecular complexity index is 1680. The molecule has 0 aliphatic heterocycles. The Balaban J connectivity index is 1.65. The van der Waals surface area contributed by atoms with Gasteiger partial charge < -0.3 is 20.1 Å². The van der Waals surface area contributed by atoms with Crippen molar-refractivity contribution in [2.75, 3.05) is 6.61 Å². The number of phenolic OH excluding ortho intramolecular Hbond substituents is 3. The second-order valence-electron chi connectivity index (χ2n) is 8.03. The third-order valence-electron chi connectivity index (χ3n) is 5.96. The first-order chi connectivity index (χ1) is 16.5. The Hall–Kier alpha value is -4.65. The summed E-state index contributed by atoms with van der Waals surface area (Å²) < 4.78 is 5.58. The van der Waals surface area contributed by atoms with Crippen molar-refractivity contribution in [3.8, 4) is 46.0 Å². The summed E-state index contributed by atoms with van der Waals surface area (Å²) in [7, 11) is 0. The molecule has 6 rings (SSSR count). The second kappa shape index (κ2) is 7.45. The van der Waals surface area contributed by atoms with Crippen molar-refractivity contribution in [2.24, 2.45) is 0 Å². The van der Waals surface area contributed by atoms with Crippen LogP contribution in [0.2, 0.25) is 0 Å². The molecule has 7 nitrogen and oxygen atoms in total. The molecule has 166 valence electrons. The topological polar surface area (TPSA) is 109 Å². The van der Waals surface area contributed by atoms with E-state index < -0.39 is 0 Å². The van der Waals surface area contributed by atoms with Crippen LogP contribution >= 0.6 is 0 Å². The number of phenols is 3. The van der Waals surface area contributed by atoms with Crippen LogP contribution in [0.3, 0.4) is 0 Å². The zero-order chi connectivity index (χ0) is 23.4. The van der Waals surface area contributed by atoms with Crippen molar-refractivity contribution >= 4 is 32.3 Å². The number of aromatic nitrogens is 3. The van der Waals surface area contributed by atoms with E-state index in [1.807, 2.05) is 25.1 Å². The molecule has 1 aromatic heterocycles. The van der Waals surface area contributed by atoms with Gasteiger partial charge in [0.2, 0.25) is 0 Å². The molecule has 34 heavy (non-hydrogen) atoms. The van der Waals surface area contributed by atoms with Crippen LogP contribution in [0.5, 0.6) is 23.3 Å². The zero-order valence-corrected chi connectivity index (χ0v) is 18.1. The van der Waals surface area contributed by atoms with Gasteiger partial charge in [0.1, 0.15) is 22.8 Å². The maximum absolute atomic E-state index is 10.4. The highest BCUT2D eigenvalue weighted by atomic mass is 16.5. The van der Waals surface area contributed by atoms with Gasteiger partial charge in [0.25, 0.3) is 0 Å². The fourth-order valence-corrected chi connectivity index (χ4v) is 4.54. The maximum Gasteiger partial charge on any atom is 0.320 e. The highest BCUT2D eigenvalue weighted by molar-refractivity contribution is 6.25. The molecule has 0 aliphatic carbocycles. The van der Waals surface area contributed by atoms with Gasteiger partial charge in [-0.2, -0.15) is 9.97 Å². The Kier molecular flexibility index (Phi) is 4.38. The highest BCUT2D eigenvalue weighted by Crippen LogP contribution is 2.41. The molecule has 0 aliphatic rings. The normalized spacial score (nSPS) is 11.6. The molecule has 5 aromatic carbocycles. The number of hydrogen-bond donors (Lipinski definition) is 3. The number of rotatable bonds is 4. The molecule has 0 fully saturated rings.